The summed E-state index contributed by atoms with van der Waals surface area (Å²) in [4.78, 5) is 14.8. The fraction of sp³-hybridized carbons (Fsp3) is 0.381. The molecular formula is C21H25ClN2O2S. The van der Waals surface area contributed by atoms with Gasteiger partial charge in [0.2, 0.25) is 0 Å². The Kier molecular flexibility index (Phi) is 8.02. The molecule has 0 aromatic heterocycles. The number of hydrogen-bond acceptors (Lipinski definition) is 4. The van der Waals surface area contributed by atoms with E-state index in [1.165, 1.54) is 0 Å². The number of nitrogens with one attached hydrogen (secondary N) is 1. The largest absolute Gasteiger partial charge is 0.379 e. The van der Waals surface area contributed by atoms with Crippen molar-refractivity contribution >= 4 is 29.3 Å². The van der Waals surface area contributed by atoms with Crippen molar-refractivity contribution < 1.29 is 9.53 Å². The number of hydrogen-bond donors (Lipinski definition) is 1. The minimum Gasteiger partial charge on any atom is -0.379 e. The predicted molar refractivity (Wildman–Crippen MR) is 112 cm³/mol. The van der Waals surface area contributed by atoms with Crippen molar-refractivity contribution in [1.29, 1.82) is 0 Å². The molecule has 144 valence electrons. The Hall–Kier alpha value is -1.53. The number of nitrogens with zero attached hydrogens (tertiary/aromatic N) is 1. The van der Waals surface area contributed by atoms with E-state index in [0.29, 0.717) is 6.54 Å². The van der Waals surface area contributed by atoms with E-state index in [1.54, 1.807) is 11.8 Å². The summed E-state index contributed by atoms with van der Waals surface area (Å²) in [7, 11) is 0. The summed E-state index contributed by atoms with van der Waals surface area (Å²) in [6, 6.07) is 15.8. The van der Waals surface area contributed by atoms with E-state index in [0.717, 1.165) is 66.1 Å². The molecule has 1 heterocycles. The van der Waals surface area contributed by atoms with E-state index in [1.807, 2.05) is 42.5 Å². The number of halogens is 1. The van der Waals surface area contributed by atoms with Gasteiger partial charge in [-0.1, -0.05) is 41.9 Å². The van der Waals surface area contributed by atoms with Crippen LogP contribution in [0.4, 0.5) is 0 Å². The quantitative estimate of drug-likeness (QED) is 0.679. The molecule has 1 N–H and O–H groups in total. The zero-order valence-corrected chi connectivity index (χ0v) is 16.9. The predicted octanol–water partition coefficient (Wildman–Crippen LogP) is 3.84. The van der Waals surface area contributed by atoms with Crippen LogP contribution in [0.3, 0.4) is 0 Å². The second kappa shape index (κ2) is 10.7. The molecule has 6 heteroatoms. The molecule has 0 bridgehead atoms. The first-order chi connectivity index (χ1) is 13.2. The molecule has 1 fully saturated rings. The third-order valence-electron chi connectivity index (χ3n) is 4.45. The Bertz CT molecular complexity index is 750. The molecule has 0 saturated carbocycles. The number of rotatable bonds is 8. The Morgan fingerprint density at radius 2 is 1.96 bits per heavy atom. The Morgan fingerprint density at radius 3 is 2.78 bits per heavy atom. The highest BCUT2D eigenvalue weighted by Gasteiger charge is 2.12. The molecule has 0 spiro atoms. The van der Waals surface area contributed by atoms with Gasteiger partial charge in [-0.05, 0) is 29.3 Å². The molecule has 1 saturated heterocycles. The van der Waals surface area contributed by atoms with Crippen LogP contribution in [0.15, 0.2) is 48.5 Å². The maximum absolute atomic E-state index is 12.4. The number of thioether (sulfide) groups is 1. The smallest absolute Gasteiger partial charge is 0.251 e. The van der Waals surface area contributed by atoms with Crippen molar-refractivity contribution in [3.8, 4) is 0 Å². The van der Waals surface area contributed by atoms with Gasteiger partial charge in [-0.3, -0.25) is 9.69 Å². The Labute approximate surface area is 170 Å². The first kappa shape index (κ1) is 20.2. The highest BCUT2D eigenvalue weighted by molar-refractivity contribution is 7.98. The van der Waals surface area contributed by atoms with Crippen LogP contribution in [0.25, 0.3) is 0 Å². The molecule has 2 aromatic carbocycles. The minimum atomic E-state index is -0.0165. The van der Waals surface area contributed by atoms with Gasteiger partial charge >= 0.3 is 0 Å². The van der Waals surface area contributed by atoms with Crippen LogP contribution in [-0.4, -0.2) is 49.4 Å². The zero-order chi connectivity index (χ0) is 18.9. The summed E-state index contributed by atoms with van der Waals surface area (Å²) in [6.07, 6.45) is 0. The number of ether oxygens (including phenoxy) is 1. The van der Waals surface area contributed by atoms with Gasteiger partial charge in [-0.15, -0.1) is 0 Å². The molecule has 1 aliphatic heterocycles. The molecule has 0 aliphatic carbocycles. The average Bonchev–Trinajstić information content (AvgIpc) is 2.70. The number of carbonyl (C=O) groups is 1. The van der Waals surface area contributed by atoms with Crippen LogP contribution in [0.2, 0.25) is 5.02 Å². The van der Waals surface area contributed by atoms with Crippen molar-refractivity contribution in [1.82, 2.24) is 10.2 Å². The summed E-state index contributed by atoms with van der Waals surface area (Å²) in [5.74, 6) is 1.69. The molecule has 0 radical (unpaired) electrons. The number of carbonyl (C=O) groups excluding carboxylic acids is 1. The molecule has 2 aromatic rings. The molecule has 3 rings (SSSR count). The molecule has 0 atom stereocenters. The van der Waals surface area contributed by atoms with Gasteiger partial charge in [0.15, 0.2) is 0 Å². The second-order valence-electron chi connectivity index (χ2n) is 6.49. The van der Waals surface area contributed by atoms with E-state index >= 15 is 0 Å². The molecular weight excluding hydrogens is 380 g/mol. The van der Waals surface area contributed by atoms with Gasteiger partial charge in [0, 0.05) is 48.3 Å². The van der Waals surface area contributed by atoms with Gasteiger partial charge in [-0.25, -0.2) is 0 Å². The van der Waals surface area contributed by atoms with Crippen molar-refractivity contribution in [3.63, 3.8) is 0 Å². The van der Waals surface area contributed by atoms with E-state index in [-0.39, 0.29) is 5.91 Å². The highest BCUT2D eigenvalue weighted by atomic mass is 35.5. The first-order valence-corrected chi connectivity index (χ1v) is 10.7. The number of amides is 1. The minimum absolute atomic E-state index is 0.0165. The van der Waals surface area contributed by atoms with Gasteiger partial charge in [0.1, 0.15) is 0 Å². The normalized spacial score (nSPS) is 14.9. The van der Waals surface area contributed by atoms with Crippen molar-refractivity contribution in [2.24, 2.45) is 0 Å². The monoisotopic (exact) mass is 404 g/mol. The lowest BCUT2D eigenvalue weighted by atomic mass is 10.1. The summed E-state index contributed by atoms with van der Waals surface area (Å²) in [6.45, 7) is 4.95. The summed E-state index contributed by atoms with van der Waals surface area (Å²) >= 11 is 7.93. The number of benzene rings is 2. The molecule has 1 aliphatic rings. The lowest BCUT2D eigenvalue weighted by Crippen LogP contribution is -2.35. The van der Waals surface area contributed by atoms with E-state index in [9.17, 15) is 4.79 Å². The van der Waals surface area contributed by atoms with Gasteiger partial charge in [-0.2, -0.15) is 11.8 Å². The zero-order valence-electron chi connectivity index (χ0n) is 15.3. The maximum atomic E-state index is 12.4. The first-order valence-electron chi connectivity index (χ1n) is 9.21. The maximum Gasteiger partial charge on any atom is 0.251 e. The fourth-order valence-electron chi connectivity index (χ4n) is 2.96. The second-order valence-corrected chi connectivity index (χ2v) is 8.00. The lowest BCUT2D eigenvalue weighted by Gasteiger charge is -2.26. The highest BCUT2D eigenvalue weighted by Crippen LogP contribution is 2.20. The Morgan fingerprint density at radius 1 is 1.15 bits per heavy atom. The van der Waals surface area contributed by atoms with Crippen molar-refractivity contribution in [3.05, 3.63) is 70.2 Å². The van der Waals surface area contributed by atoms with Gasteiger partial charge in [0.05, 0.1) is 13.2 Å². The average molecular weight is 405 g/mol. The molecule has 0 unspecified atom stereocenters. The summed E-state index contributed by atoms with van der Waals surface area (Å²) in [5.41, 5.74) is 3.01. The lowest BCUT2D eigenvalue weighted by molar-refractivity contribution is 0.0342. The van der Waals surface area contributed by atoms with Crippen molar-refractivity contribution in [2.45, 2.75) is 12.3 Å². The molecule has 1 amide bonds. The fourth-order valence-corrected chi connectivity index (χ4v) is 4.11. The SMILES string of the molecule is O=C(NCCSCc1ccccc1Cl)c1cccc(CN2CCOCC2)c1. The van der Waals surface area contributed by atoms with E-state index in [2.05, 4.69) is 16.3 Å². The van der Waals surface area contributed by atoms with Crippen LogP contribution in [0.5, 0.6) is 0 Å². The van der Waals surface area contributed by atoms with Crippen molar-refractivity contribution in [2.75, 3.05) is 38.6 Å². The molecule has 4 nitrogen and oxygen atoms in total. The van der Waals surface area contributed by atoms with Crippen LogP contribution in [-0.2, 0) is 17.0 Å². The molecule has 27 heavy (non-hydrogen) atoms. The third-order valence-corrected chi connectivity index (χ3v) is 5.82. The summed E-state index contributed by atoms with van der Waals surface area (Å²) in [5, 5.41) is 3.80. The standard InChI is InChI=1S/C21H25ClN2O2S/c22-20-7-2-1-5-19(20)16-27-13-8-23-21(25)18-6-3-4-17(14-18)15-24-9-11-26-12-10-24/h1-7,14H,8-13,15-16H2,(H,23,25). The number of morpholine rings is 1. The van der Waals surface area contributed by atoms with Gasteiger partial charge < -0.3 is 10.1 Å². The van der Waals surface area contributed by atoms with E-state index in [4.69, 9.17) is 16.3 Å². The van der Waals surface area contributed by atoms with Crippen LogP contribution < -0.4 is 5.32 Å². The van der Waals surface area contributed by atoms with Crippen LogP contribution in [0.1, 0.15) is 21.5 Å². The van der Waals surface area contributed by atoms with Crippen LogP contribution in [0, 0.1) is 0 Å². The van der Waals surface area contributed by atoms with E-state index < -0.39 is 0 Å². The third kappa shape index (κ3) is 6.54. The topological polar surface area (TPSA) is 41.6 Å². The summed E-state index contributed by atoms with van der Waals surface area (Å²) < 4.78 is 5.38. The van der Waals surface area contributed by atoms with Gasteiger partial charge in [0.25, 0.3) is 5.91 Å². The van der Waals surface area contributed by atoms with Crippen LogP contribution >= 0.6 is 23.4 Å². The Balaban J connectivity index is 1.41.